The average molecular weight is 413 g/mol. The summed E-state index contributed by atoms with van der Waals surface area (Å²) in [6.07, 6.45) is 0.637. The van der Waals surface area contributed by atoms with Crippen LogP contribution in [0, 0.1) is 0 Å². The van der Waals surface area contributed by atoms with E-state index in [0.717, 1.165) is 27.8 Å². The molecule has 0 aromatic heterocycles. The number of alkyl carbamates (subject to hydrolysis) is 1. The van der Waals surface area contributed by atoms with Gasteiger partial charge in [0.25, 0.3) is 0 Å². The van der Waals surface area contributed by atoms with Gasteiger partial charge in [0.05, 0.1) is 0 Å². The van der Waals surface area contributed by atoms with Crippen molar-refractivity contribution in [1.29, 1.82) is 0 Å². The molecule has 0 bridgehead atoms. The Kier molecular flexibility index (Phi) is 6.13. The van der Waals surface area contributed by atoms with Gasteiger partial charge in [0.1, 0.15) is 19.3 Å². The highest BCUT2D eigenvalue weighted by Crippen LogP contribution is 2.44. The Hall–Kier alpha value is -3.86. The second-order valence-electron chi connectivity index (χ2n) is 7.28. The van der Waals surface area contributed by atoms with E-state index < -0.39 is 18.1 Å². The third-order valence-corrected chi connectivity index (χ3v) is 5.33. The van der Waals surface area contributed by atoms with E-state index in [1.165, 1.54) is 6.08 Å². The molecule has 1 N–H and O–H groups in total. The van der Waals surface area contributed by atoms with Gasteiger partial charge >= 0.3 is 12.1 Å². The molecule has 1 atom stereocenters. The number of carbonyl (C=O) groups is 2. The van der Waals surface area contributed by atoms with E-state index in [1.54, 1.807) is 0 Å². The molecule has 0 spiro atoms. The summed E-state index contributed by atoms with van der Waals surface area (Å²) < 4.78 is 10.8. The van der Waals surface area contributed by atoms with E-state index in [4.69, 9.17) is 9.47 Å². The zero-order valence-electron chi connectivity index (χ0n) is 17.0. The fraction of sp³-hybridized carbons (Fsp3) is 0.154. The van der Waals surface area contributed by atoms with E-state index >= 15 is 0 Å². The Morgan fingerprint density at radius 2 is 1.45 bits per heavy atom. The molecule has 0 fully saturated rings. The second-order valence-corrected chi connectivity index (χ2v) is 7.28. The summed E-state index contributed by atoms with van der Waals surface area (Å²) in [5, 5.41) is 2.52. The SMILES string of the molecule is C=C[C@H](NC(=O)OCC1c2ccccc2-c2ccccc21)C(=O)OCc1ccccc1. The number of carbonyl (C=O) groups excluding carboxylic acids is 2. The molecule has 0 heterocycles. The summed E-state index contributed by atoms with van der Waals surface area (Å²) in [6, 6.07) is 24.6. The van der Waals surface area contributed by atoms with Crippen LogP contribution < -0.4 is 5.32 Å². The van der Waals surface area contributed by atoms with Crippen molar-refractivity contribution in [3.63, 3.8) is 0 Å². The number of nitrogens with one attached hydrogen (secondary N) is 1. The smallest absolute Gasteiger partial charge is 0.408 e. The number of benzene rings is 3. The molecule has 4 rings (SSSR count). The quantitative estimate of drug-likeness (QED) is 0.445. The van der Waals surface area contributed by atoms with Gasteiger partial charge in [-0.3, -0.25) is 0 Å². The standard InChI is InChI=1S/C26H23NO4/c1-2-24(25(28)30-16-18-10-4-3-5-11-18)27-26(29)31-17-23-21-14-8-6-12-19(21)20-13-7-9-15-22(20)23/h2-15,23-24H,1,16-17H2,(H,27,29)/t24-/m0/s1. The van der Waals surface area contributed by atoms with E-state index in [2.05, 4.69) is 36.2 Å². The van der Waals surface area contributed by atoms with Crippen molar-refractivity contribution in [2.75, 3.05) is 6.61 Å². The summed E-state index contributed by atoms with van der Waals surface area (Å²) in [7, 11) is 0. The number of rotatable bonds is 7. The topological polar surface area (TPSA) is 64.6 Å². The highest BCUT2D eigenvalue weighted by Gasteiger charge is 2.29. The number of ether oxygens (including phenoxy) is 2. The van der Waals surface area contributed by atoms with Crippen molar-refractivity contribution in [2.24, 2.45) is 0 Å². The highest BCUT2D eigenvalue weighted by atomic mass is 16.6. The van der Waals surface area contributed by atoms with Crippen molar-refractivity contribution in [2.45, 2.75) is 18.6 Å². The Bertz CT molecular complexity index is 1050. The third kappa shape index (κ3) is 4.51. The minimum atomic E-state index is -0.987. The molecule has 0 saturated heterocycles. The summed E-state index contributed by atoms with van der Waals surface area (Å²) in [5.41, 5.74) is 5.42. The maximum atomic E-state index is 12.4. The Balaban J connectivity index is 1.35. The second kappa shape index (κ2) is 9.30. The number of hydrogen-bond acceptors (Lipinski definition) is 4. The van der Waals surface area contributed by atoms with Gasteiger partial charge in [-0.1, -0.05) is 84.9 Å². The van der Waals surface area contributed by atoms with Crippen molar-refractivity contribution in [1.82, 2.24) is 5.32 Å². The zero-order valence-corrected chi connectivity index (χ0v) is 17.0. The van der Waals surface area contributed by atoms with Crippen LogP contribution in [0.5, 0.6) is 0 Å². The molecule has 1 amide bonds. The predicted molar refractivity (Wildman–Crippen MR) is 118 cm³/mol. The van der Waals surface area contributed by atoms with E-state index in [0.29, 0.717) is 0 Å². The molecule has 1 aliphatic rings. The van der Waals surface area contributed by atoms with Gasteiger partial charge in [-0.25, -0.2) is 9.59 Å². The summed E-state index contributed by atoms with van der Waals surface area (Å²) >= 11 is 0. The summed E-state index contributed by atoms with van der Waals surface area (Å²) in [5.74, 6) is -0.641. The minimum absolute atomic E-state index is 0.0506. The molecule has 156 valence electrons. The molecule has 5 nitrogen and oxygen atoms in total. The monoisotopic (exact) mass is 413 g/mol. The molecule has 0 saturated carbocycles. The first-order valence-electron chi connectivity index (χ1n) is 10.1. The van der Waals surface area contributed by atoms with Crippen LogP contribution in [0.15, 0.2) is 91.5 Å². The average Bonchev–Trinajstić information content (AvgIpc) is 3.14. The van der Waals surface area contributed by atoms with Crippen molar-refractivity contribution in [3.05, 3.63) is 108 Å². The van der Waals surface area contributed by atoms with Crippen LogP contribution in [0.1, 0.15) is 22.6 Å². The summed E-state index contributed by atoms with van der Waals surface area (Å²) in [6.45, 7) is 3.91. The third-order valence-electron chi connectivity index (χ3n) is 5.33. The maximum absolute atomic E-state index is 12.4. The molecular formula is C26H23NO4. The highest BCUT2D eigenvalue weighted by molar-refractivity contribution is 5.83. The molecule has 0 radical (unpaired) electrons. The lowest BCUT2D eigenvalue weighted by Gasteiger charge is -2.17. The van der Waals surface area contributed by atoms with Crippen molar-refractivity contribution >= 4 is 12.1 Å². The van der Waals surface area contributed by atoms with E-state index in [-0.39, 0.29) is 19.1 Å². The van der Waals surface area contributed by atoms with Crippen LogP contribution in [0.4, 0.5) is 4.79 Å². The van der Waals surface area contributed by atoms with Crippen LogP contribution in [-0.2, 0) is 20.9 Å². The Morgan fingerprint density at radius 3 is 2.06 bits per heavy atom. The lowest BCUT2D eigenvalue weighted by Crippen LogP contribution is -2.41. The predicted octanol–water partition coefficient (Wildman–Crippen LogP) is 4.82. The largest absolute Gasteiger partial charge is 0.459 e. The number of amides is 1. The molecule has 3 aromatic rings. The van der Waals surface area contributed by atoms with E-state index in [1.807, 2.05) is 54.6 Å². The fourth-order valence-corrected chi connectivity index (χ4v) is 3.80. The molecule has 0 aliphatic heterocycles. The van der Waals surface area contributed by atoms with Gasteiger partial charge in [-0.05, 0) is 27.8 Å². The zero-order chi connectivity index (χ0) is 21.6. The van der Waals surface area contributed by atoms with Gasteiger partial charge in [0.15, 0.2) is 0 Å². The van der Waals surface area contributed by atoms with Gasteiger partial charge in [-0.2, -0.15) is 0 Å². The first-order chi connectivity index (χ1) is 15.2. The van der Waals surface area contributed by atoms with Gasteiger partial charge in [0.2, 0.25) is 0 Å². The van der Waals surface area contributed by atoms with Crippen LogP contribution >= 0.6 is 0 Å². The lowest BCUT2D eigenvalue weighted by molar-refractivity contribution is -0.146. The van der Waals surface area contributed by atoms with Crippen LogP contribution in [0.2, 0.25) is 0 Å². The van der Waals surface area contributed by atoms with Crippen molar-refractivity contribution in [3.8, 4) is 11.1 Å². The number of fused-ring (bicyclic) bond motifs is 3. The lowest BCUT2D eigenvalue weighted by atomic mass is 9.98. The maximum Gasteiger partial charge on any atom is 0.408 e. The molecule has 1 aliphatic carbocycles. The molecule has 0 unspecified atom stereocenters. The fourth-order valence-electron chi connectivity index (χ4n) is 3.80. The van der Waals surface area contributed by atoms with Crippen molar-refractivity contribution < 1.29 is 19.1 Å². The molecular weight excluding hydrogens is 390 g/mol. The van der Waals surface area contributed by atoms with Crippen LogP contribution in [0.3, 0.4) is 0 Å². The Morgan fingerprint density at radius 1 is 0.871 bits per heavy atom. The number of esters is 1. The van der Waals surface area contributed by atoms with Crippen LogP contribution in [0.25, 0.3) is 11.1 Å². The summed E-state index contributed by atoms with van der Waals surface area (Å²) in [4.78, 5) is 24.7. The van der Waals surface area contributed by atoms with E-state index in [9.17, 15) is 9.59 Å². The first kappa shape index (κ1) is 20.4. The minimum Gasteiger partial charge on any atom is -0.459 e. The molecule has 31 heavy (non-hydrogen) atoms. The number of hydrogen-bond donors (Lipinski definition) is 1. The first-order valence-corrected chi connectivity index (χ1v) is 10.1. The molecule has 5 heteroatoms. The van der Waals surface area contributed by atoms with Gasteiger partial charge in [-0.15, -0.1) is 6.58 Å². The van der Waals surface area contributed by atoms with Gasteiger partial charge in [0, 0.05) is 5.92 Å². The molecule has 3 aromatic carbocycles. The van der Waals surface area contributed by atoms with Gasteiger partial charge < -0.3 is 14.8 Å². The Labute approximate surface area is 181 Å². The van der Waals surface area contributed by atoms with Crippen LogP contribution in [-0.4, -0.2) is 24.7 Å². The normalized spacial score (nSPS) is 12.9.